The summed E-state index contributed by atoms with van der Waals surface area (Å²) >= 11 is 6.81. The fourth-order valence-corrected chi connectivity index (χ4v) is 5.20. The van der Waals surface area contributed by atoms with E-state index in [1.54, 1.807) is 42.3 Å². The number of carbonyl (C=O) groups excluding carboxylic acids is 1. The lowest BCUT2D eigenvalue weighted by Crippen LogP contribution is -2.48. The first-order chi connectivity index (χ1) is 19.2. The van der Waals surface area contributed by atoms with Crippen LogP contribution in [0.15, 0.2) is 49.0 Å². The third-order valence-electron chi connectivity index (χ3n) is 6.97. The average Bonchev–Trinajstić information content (AvgIpc) is 3.42. The molecule has 0 bridgehead atoms. The van der Waals surface area contributed by atoms with Crippen LogP contribution in [-0.4, -0.2) is 76.3 Å². The molecule has 0 aliphatic carbocycles. The normalized spacial score (nSPS) is 14.2. The highest BCUT2D eigenvalue weighted by molar-refractivity contribution is 6.35. The van der Waals surface area contributed by atoms with Crippen molar-refractivity contribution < 1.29 is 13.9 Å². The van der Waals surface area contributed by atoms with Crippen LogP contribution < -0.4 is 15.1 Å². The Kier molecular flexibility index (Phi) is 7.59. The molecule has 0 spiro atoms. The molecule has 12 heteroatoms. The highest BCUT2D eigenvalue weighted by Crippen LogP contribution is 2.42. The number of aromatic amines is 1. The van der Waals surface area contributed by atoms with Crippen molar-refractivity contribution in [2.24, 2.45) is 0 Å². The number of nitrogens with zero attached hydrogens (tertiary/aromatic N) is 6. The van der Waals surface area contributed by atoms with Gasteiger partial charge in [-0.1, -0.05) is 24.2 Å². The van der Waals surface area contributed by atoms with Crippen molar-refractivity contribution in [1.29, 1.82) is 0 Å². The van der Waals surface area contributed by atoms with Crippen molar-refractivity contribution in [2.75, 3.05) is 45.2 Å². The second kappa shape index (κ2) is 11.1. The van der Waals surface area contributed by atoms with Crippen LogP contribution in [0.1, 0.15) is 12.5 Å². The number of anilines is 1. The molecule has 1 aliphatic heterocycles. The number of hydrazine groups is 1. The van der Waals surface area contributed by atoms with Crippen molar-refractivity contribution in [3.63, 3.8) is 0 Å². The number of nitrogens with one attached hydrogen (secondary N) is 2. The van der Waals surface area contributed by atoms with Crippen LogP contribution in [0, 0.1) is 12.7 Å². The minimum atomic E-state index is -0.581. The molecule has 1 saturated heterocycles. The average molecular weight is 565 g/mol. The van der Waals surface area contributed by atoms with E-state index in [0.717, 1.165) is 16.5 Å². The fourth-order valence-electron chi connectivity index (χ4n) is 4.91. The molecule has 10 nitrogen and oxygen atoms in total. The monoisotopic (exact) mass is 564 g/mol. The van der Waals surface area contributed by atoms with Gasteiger partial charge in [0.15, 0.2) is 5.82 Å². The Morgan fingerprint density at radius 1 is 1.23 bits per heavy atom. The Morgan fingerprint density at radius 3 is 2.67 bits per heavy atom. The number of aryl methyl sites for hydroxylation is 1. The van der Waals surface area contributed by atoms with Crippen molar-refractivity contribution in [2.45, 2.75) is 13.8 Å². The number of fused-ring (bicyclic) bond motifs is 2. The molecule has 2 aromatic heterocycles. The Labute approximate surface area is 236 Å². The van der Waals surface area contributed by atoms with E-state index < -0.39 is 5.82 Å². The van der Waals surface area contributed by atoms with Gasteiger partial charge < -0.3 is 19.5 Å². The van der Waals surface area contributed by atoms with Crippen LogP contribution in [0.25, 0.3) is 32.9 Å². The number of amides is 1. The van der Waals surface area contributed by atoms with Crippen LogP contribution in [0.3, 0.4) is 0 Å². The zero-order valence-electron chi connectivity index (χ0n) is 22.8. The number of benzene rings is 2. The molecule has 208 valence electrons. The van der Waals surface area contributed by atoms with Crippen LogP contribution in [0.4, 0.5) is 10.2 Å². The number of aromatic nitrogens is 4. The smallest absolute Gasteiger partial charge is 0.324 e. The van der Waals surface area contributed by atoms with Crippen molar-refractivity contribution in [3.05, 3.63) is 65.4 Å². The lowest BCUT2D eigenvalue weighted by atomic mass is 9.95. The lowest BCUT2D eigenvalue weighted by molar-refractivity contribution is -0.126. The van der Waals surface area contributed by atoms with Gasteiger partial charge >= 0.3 is 6.01 Å². The second-order valence-electron chi connectivity index (χ2n) is 9.55. The van der Waals surface area contributed by atoms with Gasteiger partial charge in [-0.3, -0.25) is 9.89 Å². The minimum Gasteiger partial charge on any atom is -0.427 e. The molecule has 0 saturated carbocycles. The number of carbonyl (C=O) groups is 1. The van der Waals surface area contributed by atoms with E-state index in [9.17, 15) is 4.79 Å². The van der Waals surface area contributed by atoms with Crippen molar-refractivity contribution >= 4 is 45.1 Å². The van der Waals surface area contributed by atoms with Gasteiger partial charge in [-0.25, -0.2) is 9.82 Å². The van der Waals surface area contributed by atoms with E-state index in [1.807, 2.05) is 31.0 Å². The molecule has 0 radical (unpaired) electrons. The van der Waals surface area contributed by atoms with E-state index in [0.29, 0.717) is 48.7 Å². The van der Waals surface area contributed by atoms with Gasteiger partial charge in [-0.2, -0.15) is 15.1 Å². The number of ether oxygens (including phenoxy) is 1. The highest BCUT2D eigenvalue weighted by atomic mass is 35.5. The maximum absolute atomic E-state index is 16.6. The first kappa shape index (κ1) is 27.4. The van der Waals surface area contributed by atoms with Gasteiger partial charge in [0.1, 0.15) is 17.1 Å². The fraction of sp³-hybridized carbons (Fsp3) is 0.286. The van der Waals surface area contributed by atoms with E-state index in [1.165, 1.54) is 6.08 Å². The maximum atomic E-state index is 16.6. The Balaban J connectivity index is 1.68. The number of hydrogen-bond acceptors (Lipinski definition) is 8. The number of halogens is 2. The number of H-pyrrole nitrogens is 1. The molecule has 1 amide bonds. The summed E-state index contributed by atoms with van der Waals surface area (Å²) in [6.45, 7) is 9.13. The van der Waals surface area contributed by atoms with E-state index in [-0.39, 0.29) is 28.0 Å². The quantitative estimate of drug-likeness (QED) is 0.193. The maximum Gasteiger partial charge on any atom is 0.324 e. The molecular formula is C28H30ClFN8O2. The molecule has 2 N–H and O–H groups in total. The second-order valence-corrected chi connectivity index (χ2v) is 9.96. The van der Waals surface area contributed by atoms with Crippen LogP contribution in [-0.2, 0) is 4.79 Å². The molecule has 1 fully saturated rings. The van der Waals surface area contributed by atoms with Crippen LogP contribution in [0.5, 0.6) is 6.01 Å². The summed E-state index contributed by atoms with van der Waals surface area (Å²) in [6.07, 6.45) is 4.69. The molecule has 40 heavy (non-hydrogen) atoms. The van der Waals surface area contributed by atoms with E-state index >= 15 is 4.39 Å². The predicted molar refractivity (Wildman–Crippen MR) is 155 cm³/mol. The van der Waals surface area contributed by atoms with Crippen LogP contribution in [0.2, 0.25) is 5.02 Å². The van der Waals surface area contributed by atoms with E-state index in [2.05, 4.69) is 32.2 Å². The predicted octanol–water partition coefficient (Wildman–Crippen LogP) is 4.41. The largest absolute Gasteiger partial charge is 0.427 e. The summed E-state index contributed by atoms with van der Waals surface area (Å²) in [6, 6.07) is 5.49. The zero-order chi connectivity index (χ0) is 28.6. The highest BCUT2D eigenvalue weighted by Gasteiger charge is 2.27. The Hall–Kier alpha value is -4.22. The van der Waals surface area contributed by atoms with Gasteiger partial charge in [-0.15, -0.1) is 0 Å². The summed E-state index contributed by atoms with van der Waals surface area (Å²) in [7, 11) is 3.59. The third kappa shape index (κ3) is 5.05. The lowest BCUT2D eigenvalue weighted by Gasteiger charge is -2.35. The van der Waals surface area contributed by atoms with Crippen LogP contribution >= 0.6 is 11.6 Å². The summed E-state index contributed by atoms with van der Waals surface area (Å²) in [5.41, 5.74) is 5.53. The molecule has 3 heterocycles. The van der Waals surface area contributed by atoms with Gasteiger partial charge in [0.05, 0.1) is 22.9 Å². The van der Waals surface area contributed by atoms with Gasteiger partial charge in [0, 0.05) is 62.2 Å². The standard InChI is InChI=1S/C28H30ClFN8O2/c1-6-22(39)37-9-11-38(12-10-37)27-18-13-20(29)24(23-16(2)7-8-21-19(23)14-32-35-21)25(30)26(18)33-28(34-27)40-17(3)15-36(5)31-4/h6-8,13-15,31H,1,9-12H2,2-5H3,(H,32,35)/b17-15+. The Morgan fingerprint density at radius 2 is 1.98 bits per heavy atom. The first-order valence-electron chi connectivity index (χ1n) is 12.8. The minimum absolute atomic E-state index is 0.00392. The Bertz CT molecular complexity index is 1640. The molecule has 2 aromatic carbocycles. The molecule has 1 aliphatic rings. The number of rotatable bonds is 7. The molecular weight excluding hydrogens is 535 g/mol. The van der Waals surface area contributed by atoms with Gasteiger partial charge in [-0.05, 0) is 37.6 Å². The summed E-state index contributed by atoms with van der Waals surface area (Å²) < 4.78 is 22.6. The number of allylic oxidation sites excluding steroid dienone is 1. The first-order valence-corrected chi connectivity index (χ1v) is 13.1. The van der Waals surface area contributed by atoms with Crippen molar-refractivity contribution in [1.82, 2.24) is 35.5 Å². The third-order valence-corrected chi connectivity index (χ3v) is 7.27. The number of piperazine rings is 1. The SMILES string of the molecule is C=CC(=O)N1CCN(c2nc(O/C(C)=C/N(C)NC)nc3c(F)c(-c4c(C)ccc5[nH]ncc45)c(Cl)cc23)CC1. The molecule has 4 aromatic rings. The van der Waals surface area contributed by atoms with Gasteiger partial charge in [0.25, 0.3) is 0 Å². The van der Waals surface area contributed by atoms with Gasteiger partial charge in [0.2, 0.25) is 5.91 Å². The topological polar surface area (TPSA) is 103 Å². The zero-order valence-corrected chi connectivity index (χ0v) is 23.5. The molecule has 5 rings (SSSR count). The van der Waals surface area contributed by atoms with Crippen molar-refractivity contribution in [3.8, 4) is 17.1 Å². The molecule has 0 atom stereocenters. The van der Waals surface area contributed by atoms with E-state index in [4.69, 9.17) is 16.3 Å². The molecule has 0 unspecified atom stereocenters. The summed E-state index contributed by atoms with van der Waals surface area (Å²) in [5, 5.41) is 10.2. The summed E-state index contributed by atoms with van der Waals surface area (Å²) in [5.74, 6) is 0.263. The summed E-state index contributed by atoms with van der Waals surface area (Å²) in [4.78, 5) is 25.0. The number of hydrogen-bond donors (Lipinski definition) is 2.